The van der Waals surface area contributed by atoms with Crippen molar-refractivity contribution in [2.75, 3.05) is 18.5 Å². The first-order chi connectivity index (χ1) is 12.3. The molecule has 0 spiro atoms. The van der Waals surface area contributed by atoms with Gasteiger partial charge in [-0.15, -0.1) is 0 Å². The van der Waals surface area contributed by atoms with E-state index in [4.69, 9.17) is 0 Å². The number of aryl methyl sites for hydroxylation is 1. The summed E-state index contributed by atoms with van der Waals surface area (Å²) < 4.78 is 40.7. The van der Waals surface area contributed by atoms with Gasteiger partial charge < -0.3 is 4.90 Å². The van der Waals surface area contributed by atoms with Gasteiger partial charge in [-0.1, -0.05) is 18.2 Å². The Balaban J connectivity index is 1.90. The van der Waals surface area contributed by atoms with Crippen molar-refractivity contribution in [3.8, 4) is 0 Å². The zero-order valence-electron chi connectivity index (χ0n) is 14.8. The molecular formula is C19H21FN2O3S. The minimum Gasteiger partial charge on any atom is -0.312 e. The van der Waals surface area contributed by atoms with E-state index < -0.39 is 15.8 Å². The highest BCUT2D eigenvalue weighted by Gasteiger charge is 2.26. The third kappa shape index (κ3) is 3.50. The summed E-state index contributed by atoms with van der Waals surface area (Å²) in [5.74, 6) is -0.490. The van der Waals surface area contributed by atoms with Gasteiger partial charge in [0, 0.05) is 38.3 Å². The molecule has 0 atom stereocenters. The van der Waals surface area contributed by atoms with Crippen molar-refractivity contribution in [1.82, 2.24) is 4.31 Å². The fraction of sp³-hybridized carbons (Fsp3) is 0.316. The maximum atomic E-state index is 13.8. The molecule has 1 aliphatic rings. The summed E-state index contributed by atoms with van der Waals surface area (Å²) in [6, 6.07) is 10.9. The number of halogens is 1. The largest absolute Gasteiger partial charge is 0.312 e. The number of nitrogens with zero attached hydrogens (tertiary/aromatic N) is 2. The quantitative estimate of drug-likeness (QED) is 0.824. The average molecular weight is 376 g/mol. The molecule has 0 aromatic heterocycles. The van der Waals surface area contributed by atoms with Gasteiger partial charge in [0.2, 0.25) is 15.9 Å². The molecule has 1 aliphatic heterocycles. The summed E-state index contributed by atoms with van der Waals surface area (Å²) in [4.78, 5) is 13.6. The summed E-state index contributed by atoms with van der Waals surface area (Å²) in [5.41, 5.74) is 1.92. The van der Waals surface area contributed by atoms with Gasteiger partial charge in [-0.2, -0.15) is 4.31 Å². The number of carbonyl (C=O) groups is 1. The molecule has 3 rings (SSSR count). The maximum absolute atomic E-state index is 13.8. The standard InChI is InChI=1S/C19H21FN2O3S/c1-14(23)22-11-5-7-15-12-17(9-10-19(15)22)26(24,25)21(2)13-16-6-3-4-8-18(16)20/h3-4,6,8-10,12H,5,7,11,13H2,1-2H3. The van der Waals surface area contributed by atoms with Crippen LogP contribution in [0.4, 0.5) is 10.1 Å². The molecule has 1 heterocycles. The van der Waals surface area contributed by atoms with Gasteiger partial charge in [0.05, 0.1) is 4.90 Å². The monoisotopic (exact) mass is 376 g/mol. The Hall–Kier alpha value is -2.25. The molecule has 0 saturated heterocycles. The molecule has 0 bridgehead atoms. The van der Waals surface area contributed by atoms with Gasteiger partial charge >= 0.3 is 0 Å². The number of amides is 1. The minimum atomic E-state index is -3.76. The van der Waals surface area contributed by atoms with Crippen molar-refractivity contribution in [3.05, 3.63) is 59.4 Å². The fourth-order valence-electron chi connectivity index (χ4n) is 3.19. The summed E-state index contributed by atoms with van der Waals surface area (Å²) in [7, 11) is -2.33. The van der Waals surface area contributed by atoms with Crippen LogP contribution in [0.2, 0.25) is 0 Å². The van der Waals surface area contributed by atoms with Crippen molar-refractivity contribution >= 4 is 21.6 Å². The van der Waals surface area contributed by atoms with Crippen molar-refractivity contribution in [2.45, 2.75) is 31.2 Å². The van der Waals surface area contributed by atoms with Crippen molar-refractivity contribution in [2.24, 2.45) is 0 Å². The van der Waals surface area contributed by atoms with Crippen LogP contribution >= 0.6 is 0 Å². The van der Waals surface area contributed by atoms with Crippen LogP contribution in [0, 0.1) is 5.82 Å². The van der Waals surface area contributed by atoms with Crippen LogP contribution in [-0.4, -0.2) is 32.2 Å². The number of sulfonamides is 1. The van der Waals surface area contributed by atoms with E-state index in [0.717, 1.165) is 28.4 Å². The van der Waals surface area contributed by atoms with Crippen LogP contribution in [0.1, 0.15) is 24.5 Å². The Morgan fingerprint density at radius 1 is 1.23 bits per heavy atom. The molecule has 0 unspecified atom stereocenters. The molecule has 5 nitrogen and oxygen atoms in total. The van der Waals surface area contributed by atoms with Gasteiger partial charge in [-0.25, -0.2) is 12.8 Å². The molecule has 0 saturated carbocycles. The number of fused-ring (bicyclic) bond motifs is 1. The Labute approximate surface area is 153 Å². The zero-order valence-corrected chi connectivity index (χ0v) is 15.6. The molecule has 1 amide bonds. The van der Waals surface area contributed by atoms with E-state index in [1.165, 1.54) is 26.1 Å². The number of rotatable bonds is 4. The Bertz CT molecular complexity index is 944. The molecule has 0 aliphatic carbocycles. The summed E-state index contributed by atoms with van der Waals surface area (Å²) >= 11 is 0. The van der Waals surface area contributed by atoms with E-state index in [9.17, 15) is 17.6 Å². The van der Waals surface area contributed by atoms with Crippen molar-refractivity contribution < 1.29 is 17.6 Å². The lowest BCUT2D eigenvalue weighted by Gasteiger charge is -2.29. The summed E-state index contributed by atoms with van der Waals surface area (Å²) in [6.07, 6.45) is 1.51. The van der Waals surface area contributed by atoms with Crippen molar-refractivity contribution in [3.63, 3.8) is 0 Å². The molecule has 138 valence electrons. The molecule has 0 radical (unpaired) electrons. The van der Waals surface area contributed by atoms with Gasteiger partial charge in [0.25, 0.3) is 0 Å². The molecule has 0 fully saturated rings. The second kappa shape index (κ2) is 7.17. The second-order valence-corrected chi connectivity index (χ2v) is 8.46. The first-order valence-electron chi connectivity index (χ1n) is 8.41. The van der Waals surface area contributed by atoms with E-state index in [1.807, 2.05) is 0 Å². The Morgan fingerprint density at radius 3 is 2.65 bits per heavy atom. The van der Waals surface area contributed by atoms with Gasteiger partial charge in [0.15, 0.2) is 0 Å². The second-order valence-electron chi connectivity index (χ2n) is 6.42. The average Bonchev–Trinajstić information content (AvgIpc) is 2.62. The van der Waals surface area contributed by atoms with Crippen molar-refractivity contribution in [1.29, 1.82) is 0 Å². The third-order valence-electron chi connectivity index (χ3n) is 4.61. The third-order valence-corrected chi connectivity index (χ3v) is 6.41. The SMILES string of the molecule is CC(=O)N1CCCc2cc(S(=O)(=O)N(C)Cc3ccccc3F)ccc21. The number of hydrogen-bond acceptors (Lipinski definition) is 3. The van der Waals surface area contributed by atoms with Gasteiger partial charge in [-0.05, 0) is 42.7 Å². The predicted octanol–water partition coefficient (Wildman–Crippen LogP) is 2.95. The summed E-state index contributed by atoms with van der Waals surface area (Å²) in [6.45, 7) is 2.09. The normalized spacial score (nSPS) is 14.4. The highest BCUT2D eigenvalue weighted by atomic mass is 32.2. The maximum Gasteiger partial charge on any atom is 0.243 e. The number of anilines is 1. The smallest absolute Gasteiger partial charge is 0.243 e. The first kappa shape index (κ1) is 18.5. The number of hydrogen-bond donors (Lipinski definition) is 0. The Kier molecular flexibility index (Phi) is 5.11. The molecular weight excluding hydrogens is 355 g/mol. The van der Waals surface area contributed by atoms with Crippen LogP contribution in [-0.2, 0) is 27.8 Å². The Morgan fingerprint density at radius 2 is 1.96 bits per heavy atom. The van der Waals surface area contributed by atoms with E-state index in [0.29, 0.717) is 12.1 Å². The van der Waals surface area contributed by atoms with Crippen LogP contribution in [0.3, 0.4) is 0 Å². The molecule has 2 aromatic carbocycles. The highest BCUT2D eigenvalue weighted by molar-refractivity contribution is 7.89. The predicted molar refractivity (Wildman–Crippen MR) is 97.8 cm³/mol. The molecule has 26 heavy (non-hydrogen) atoms. The zero-order chi connectivity index (χ0) is 18.9. The van der Waals surface area contributed by atoms with E-state index in [-0.39, 0.29) is 17.3 Å². The van der Waals surface area contributed by atoms with Gasteiger partial charge in [0.1, 0.15) is 5.82 Å². The lowest BCUT2D eigenvalue weighted by molar-refractivity contribution is -0.116. The van der Waals surface area contributed by atoms with E-state index in [1.54, 1.807) is 35.2 Å². The van der Waals surface area contributed by atoms with E-state index in [2.05, 4.69) is 0 Å². The fourth-order valence-corrected chi connectivity index (χ4v) is 4.39. The molecule has 0 N–H and O–H groups in total. The molecule has 7 heteroatoms. The van der Waals surface area contributed by atoms with Crippen LogP contribution < -0.4 is 4.90 Å². The van der Waals surface area contributed by atoms with E-state index >= 15 is 0 Å². The number of carbonyl (C=O) groups excluding carboxylic acids is 1. The lowest BCUT2D eigenvalue weighted by atomic mass is 10.0. The van der Waals surface area contributed by atoms with Crippen LogP contribution in [0.25, 0.3) is 0 Å². The number of benzene rings is 2. The summed E-state index contributed by atoms with van der Waals surface area (Å²) in [5, 5.41) is 0. The van der Waals surface area contributed by atoms with Crippen LogP contribution in [0.5, 0.6) is 0 Å². The minimum absolute atomic E-state index is 0.0499. The first-order valence-corrected chi connectivity index (χ1v) is 9.85. The lowest BCUT2D eigenvalue weighted by Crippen LogP contribution is -2.34. The topological polar surface area (TPSA) is 57.7 Å². The molecule has 2 aromatic rings. The van der Waals surface area contributed by atoms with Gasteiger partial charge in [-0.3, -0.25) is 4.79 Å². The highest BCUT2D eigenvalue weighted by Crippen LogP contribution is 2.30. The van der Waals surface area contributed by atoms with Crippen LogP contribution in [0.15, 0.2) is 47.4 Å².